The molecule has 0 aromatic heterocycles. The summed E-state index contributed by atoms with van der Waals surface area (Å²) < 4.78 is 14.5. The molecule has 164 valence electrons. The Labute approximate surface area is 186 Å². The van der Waals surface area contributed by atoms with Gasteiger partial charge >= 0.3 is 0 Å². The molecule has 2 aromatic rings. The third-order valence-corrected chi connectivity index (χ3v) is 6.27. The Bertz CT molecular complexity index is 1070. The minimum atomic E-state index is -0.978. The number of carbonyl (C=O) groups is 3. The van der Waals surface area contributed by atoms with Crippen molar-refractivity contribution in [3.63, 3.8) is 0 Å². The molecule has 1 unspecified atom stereocenters. The minimum Gasteiger partial charge on any atom is -0.323 e. The number of imide groups is 1. The second kappa shape index (κ2) is 9.31. The molecule has 0 radical (unpaired) electrons. The first-order valence-electron chi connectivity index (χ1n) is 11.0. The van der Waals surface area contributed by atoms with Gasteiger partial charge in [0.05, 0.1) is 29.3 Å². The average Bonchev–Trinajstić information content (AvgIpc) is 2.97. The van der Waals surface area contributed by atoms with Crippen molar-refractivity contribution in [2.75, 3.05) is 4.90 Å². The third kappa shape index (κ3) is 4.13. The van der Waals surface area contributed by atoms with Gasteiger partial charge in [-0.1, -0.05) is 37.8 Å². The van der Waals surface area contributed by atoms with E-state index in [0.717, 1.165) is 43.4 Å². The van der Waals surface area contributed by atoms with Crippen LogP contribution in [-0.2, 0) is 9.59 Å². The largest absolute Gasteiger partial charge is 0.323 e. The molecule has 2 fully saturated rings. The van der Waals surface area contributed by atoms with Gasteiger partial charge in [-0.25, -0.2) is 9.29 Å². The van der Waals surface area contributed by atoms with E-state index in [1.807, 2.05) is 6.07 Å². The van der Waals surface area contributed by atoms with Crippen LogP contribution in [0.25, 0.3) is 0 Å². The van der Waals surface area contributed by atoms with E-state index < -0.39 is 29.6 Å². The molecule has 0 N–H and O–H groups in total. The molecule has 0 bridgehead atoms. The van der Waals surface area contributed by atoms with E-state index in [-0.39, 0.29) is 18.0 Å². The predicted molar refractivity (Wildman–Crippen MR) is 116 cm³/mol. The van der Waals surface area contributed by atoms with Crippen molar-refractivity contribution in [2.24, 2.45) is 0 Å². The van der Waals surface area contributed by atoms with Crippen molar-refractivity contribution in [1.82, 2.24) is 4.90 Å². The first-order chi connectivity index (χ1) is 15.5. The summed E-state index contributed by atoms with van der Waals surface area (Å²) in [7, 11) is 0. The maximum atomic E-state index is 14.5. The molecule has 1 aliphatic carbocycles. The number of nitrogens with zero attached hydrogens (tertiary/aromatic N) is 3. The fourth-order valence-electron chi connectivity index (χ4n) is 4.66. The van der Waals surface area contributed by atoms with Crippen LogP contribution in [0.1, 0.15) is 60.9 Å². The van der Waals surface area contributed by atoms with E-state index in [1.165, 1.54) is 35.2 Å². The van der Waals surface area contributed by atoms with E-state index in [2.05, 4.69) is 0 Å². The Kier molecular flexibility index (Phi) is 6.31. The number of rotatable bonds is 4. The molecule has 1 saturated carbocycles. The lowest BCUT2D eigenvalue weighted by Gasteiger charge is -2.35. The highest BCUT2D eigenvalue weighted by atomic mass is 19.1. The number of benzene rings is 2. The Morgan fingerprint density at radius 1 is 1.00 bits per heavy atom. The molecule has 1 atom stereocenters. The van der Waals surface area contributed by atoms with E-state index in [4.69, 9.17) is 5.26 Å². The first-order valence-corrected chi connectivity index (χ1v) is 11.0. The molecule has 2 aromatic carbocycles. The van der Waals surface area contributed by atoms with Crippen LogP contribution in [0, 0.1) is 17.1 Å². The van der Waals surface area contributed by atoms with Crippen LogP contribution in [-0.4, -0.2) is 34.7 Å². The highest BCUT2D eigenvalue weighted by Crippen LogP contribution is 2.32. The zero-order valence-electron chi connectivity index (χ0n) is 17.7. The molecule has 0 spiro atoms. The number of halogens is 1. The van der Waals surface area contributed by atoms with Gasteiger partial charge in [-0.2, -0.15) is 5.26 Å². The fourth-order valence-corrected chi connectivity index (χ4v) is 4.66. The second-order valence-corrected chi connectivity index (χ2v) is 8.28. The maximum Gasteiger partial charge on any atom is 0.257 e. The van der Waals surface area contributed by atoms with E-state index in [9.17, 15) is 18.8 Å². The monoisotopic (exact) mass is 433 g/mol. The quantitative estimate of drug-likeness (QED) is 0.535. The lowest BCUT2D eigenvalue weighted by molar-refractivity contribution is -0.123. The normalized spacial score (nSPS) is 19.5. The lowest BCUT2D eigenvalue weighted by atomic mass is 10.0. The van der Waals surface area contributed by atoms with E-state index in [0.29, 0.717) is 11.3 Å². The highest BCUT2D eigenvalue weighted by Gasteiger charge is 2.46. The number of hydrogen-bond donors (Lipinski definition) is 0. The standard InChI is InChI=1S/C25H24FN3O3/c26-21-10-6-5-9-20(21)24(31)28(18-7-3-1-2-4-8-18)22-15-23(30)29(25(22)32)19-13-11-17(16-27)12-14-19/h5-6,9-14,18,22H,1-4,7-8,15H2. The van der Waals surface area contributed by atoms with Crippen molar-refractivity contribution in [1.29, 1.82) is 5.26 Å². The summed E-state index contributed by atoms with van der Waals surface area (Å²) in [6, 6.07) is 12.7. The van der Waals surface area contributed by atoms with Gasteiger partial charge in [0.2, 0.25) is 5.91 Å². The maximum absolute atomic E-state index is 14.5. The van der Waals surface area contributed by atoms with Crippen LogP contribution >= 0.6 is 0 Å². The van der Waals surface area contributed by atoms with Gasteiger partial charge in [0, 0.05) is 6.04 Å². The van der Waals surface area contributed by atoms with Gasteiger partial charge in [0.1, 0.15) is 11.9 Å². The van der Waals surface area contributed by atoms with Crippen LogP contribution in [0.2, 0.25) is 0 Å². The average molecular weight is 433 g/mol. The topological polar surface area (TPSA) is 81.5 Å². The molecule has 32 heavy (non-hydrogen) atoms. The summed E-state index contributed by atoms with van der Waals surface area (Å²) in [5.74, 6) is -2.10. The molecule has 2 aliphatic rings. The van der Waals surface area contributed by atoms with Crippen molar-refractivity contribution in [3.05, 3.63) is 65.5 Å². The number of amides is 3. The van der Waals surface area contributed by atoms with Crippen LogP contribution in [0.4, 0.5) is 10.1 Å². The van der Waals surface area contributed by atoms with Gasteiger partial charge < -0.3 is 4.90 Å². The molecular formula is C25H24FN3O3. The zero-order chi connectivity index (χ0) is 22.7. The van der Waals surface area contributed by atoms with Crippen molar-refractivity contribution in [3.8, 4) is 6.07 Å². The van der Waals surface area contributed by atoms with Gasteiger partial charge in [0.25, 0.3) is 11.8 Å². The third-order valence-electron chi connectivity index (χ3n) is 6.27. The summed E-state index contributed by atoms with van der Waals surface area (Å²) in [6.07, 6.45) is 5.22. The lowest BCUT2D eigenvalue weighted by Crippen LogP contribution is -2.51. The fraction of sp³-hybridized carbons (Fsp3) is 0.360. The zero-order valence-corrected chi connectivity index (χ0v) is 17.7. The number of nitriles is 1. The Morgan fingerprint density at radius 2 is 1.66 bits per heavy atom. The predicted octanol–water partition coefficient (Wildman–Crippen LogP) is 4.19. The highest BCUT2D eigenvalue weighted by molar-refractivity contribution is 6.23. The van der Waals surface area contributed by atoms with E-state index >= 15 is 0 Å². The molecule has 7 heteroatoms. The smallest absolute Gasteiger partial charge is 0.257 e. The van der Waals surface area contributed by atoms with Crippen LogP contribution in [0.15, 0.2) is 48.5 Å². The number of carbonyl (C=O) groups excluding carboxylic acids is 3. The molecule has 1 aliphatic heterocycles. The van der Waals surface area contributed by atoms with Crippen molar-refractivity contribution < 1.29 is 18.8 Å². The van der Waals surface area contributed by atoms with Crippen LogP contribution < -0.4 is 4.90 Å². The summed E-state index contributed by atoms with van der Waals surface area (Å²) in [6.45, 7) is 0. The first kappa shape index (κ1) is 21.7. The number of anilines is 1. The molecular weight excluding hydrogens is 409 g/mol. The summed E-state index contributed by atoms with van der Waals surface area (Å²) in [5.41, 5.74) is 0.689. The molecule has 6 nitrogen and oxygen atoms in total. The van der Waals surface area contributed by atoms with Crippen LogP contribution in [0.5, 0.6) is 0 Å². The summed E-state index contributed by atoms with van der Waals surface area (Å²) in [5, 5.41) is 9.00. The van der Waals surface area contributed by atoms with Gasteiger partial charge in [0.15, 0.2) is 0 Å². The van der Waals surface area contributed by atoms with Crippen molar-refractivity contribution in [2.45, 2.75) is 57.0 Å². The molecule has 1 saturated heterocycles. The number of hydrogen-bond acceptors (Lipinski definition) is 4. The van der Waals surface area contributed by atoms with Gasteiger partial charge in [-0.3, -0.25) is 14.4 Å². The van der Waals surface area contributed by atoms with Crippen LogP contribution in [0.3, 0.4) is 0 Å². The molecule has 3 amide bonds. The second-order valence-electron chi connectivity index (χ2n) is 8.28. The SMILES string of the molecule is N#Cc1ccc(N2C(=O)CC(N(C(=O)c3ccccc3F)C3CCCCCC3)C2=O)cc1. The van der Waals surface area contributed by atoms with Gasteiger partial charge in [-0.05, 0) is 49.2 Å². The summed E-state index contributed by atoms with van der Waals surface area (Å²) >= 11 is 0. The Morgan fingerprint density at radius 3 is 2.28 bits per heavy atom. The Balaban J connectivity index is 1.69. The summed E-state index contributed by atoms with van der Waals surface area (Å²) in [4.78, 5) is 42.3. The van der Waals surface area contributed by atoms with E-state index in [1.54, 1.807) is 18.2 Å². The Hall–Kier alpha value is -3.53. The van der Waals surface area contributed by atoms with Crippen molar-refractivity contribution >= 4 is 23.4 Å². The molecule has 4 rings (SSSR count). The minimum absolute atomic E-state index is 0.0891. The van der Waals surface area contributed by atoms with Gasteiger partial charge in [-0.15, -0.1) is 0 Å². The molecule has 1 heterocycles.